The Morgan fingerprint density at radius 2 is 2.20 bits per heavy atom. The highest BCUT2D eigenvalue weighted by atomic mass is 16.6. The summed E-state index contributed by atoms with van der Waals surface area (Å²) in [5.41, 5.74) is 0.948. The van der Waals surface area contributed by atoms with Gasteiger partial charge in [0.2, 0.25) is 0 Å². The minimum Gasteiger partial charge on any atom is -0.393 e. The molecule has 5 nitrogen and oxygen atoms in total. The molecule has 0 spiro atoms. The second-order valence-electron chi connectivity index (χ2n) is 5.59. The summed E-state index contributed by atoms with van der Waals surface area (Å²) in [5, 5.41) is 20.7. The fourth-order valence-corrected chi connectivity index (χ4v) is 2.97. The lowest BCUT2D eigenvalue weighted by Crippen LogP contribution is -2.40. The Morgan fingerprint density at radius 3 is 2.90 bits per heavy atom. The minimum atomic E-state index is -0.327. The van der Waals surface area contributed by atoms with Crippen LogP contribution < -0.4 is 0 Å². The van der Waals surface area contributed by atoms with Gasteiger partial charge >= 0.3 is 0 Å². The number of rotatable bonds is 5. The first-order chi connectivity index (χ1) is 9.58. The molecule has 5 heteroatoms. The van der Waals surface area contributed by atoms with Crippen LogP contribution in [-0.4, -0.2) is 33.6 Å². The predicted octanol–water partition coefficient (Wildman–Crippen LogP) is 2.72. The summed E-state index contributed by atoms with van der Waals surface area (Å²) in [7, 11) is 0. The zero-order valence-corrected chi connectivity index (χ0v) is 11.9. The topological polar surface area (TPSA) is 66.6 Å². The van der Waals surface area contributed by atoms with Crippen LogP contribution in [0.2, 0.25) is 0 Å². The molecule has 2 atom stereocenters. The van der Waals surface area contributed by atoms with Crippen LogP contribution in [0.1, 0.15) is 38.2 Å². The number of benzene rings is 1. The van der Waals surface area contributed by atoms with Crippen molar-refractivity contribution < 1.29 is 10.0 Å². The maximum absolute atomic E-state index is 11.1. The molecule has 1 N–H and O–H groups in total. The number of nitro groups is 1. The first-order valence-electron chi connectivity index (χ1n) is 7.22. The average Bonchev–Trinajstić information content (AvgIpc) is 2.41. The number of para-hydroxylation sites is 1. The summed E-state index contributed by atoms with van der Waals surface area (Å²) in [6.45, 7) is 3.34. The summed E-state index contributed by atoms with van der Waals surface area (Å²) in [4.78, 5) is 13.0. The second-order valence-corrected chi connectivity index (χ2v) is 5.59. The van der Waals surface area contributed by atoms with Gasteiger partial charge < -0.3 is 5.11 Å². The van der Waals surface area contributed by atoms with Crippen LogP contribution in [0, 0.1) is 10.1 Å². The molecule has 1 aliphatic rings. The number of likely N-dealkylation sites (tertiary alicyclic amines) is 1. The Hall–Kier alpha value is -1.46. The van der Waals surface area contributed by atoms with Crippen molar-refractivity contribution in [1.82, 2.24) is 4.90 Å². The van der Waals surface area contributed by atoms with E-state index in [1.807, 2.05) is 12.1 Å². The number of nitro benzene ring substituents is 1. The van der Waals surface area contributed by atoms with Gasteiger partial charge in [-0.15, -0.1) is 0 Å². The standard InChI is InChI=1S/C15H22N2O3/c1-12(18)10-14-7-4-5-9-16(14)11-13-6-2-3-8-15(13)17(19)20/h2-3,6,8,12,14,18H,4-5,7,9-11H2,1H3. The molecule has 2 rings (SSSR count). The van der Waals surface area contributed by atoms with Gasteiger partial charge in [0, 0.05) is 24.2 Å². The third-order valence-corrected chi connectivity index (χ3v) is 3.92. The number of nitrogens with zero attached hydrogens (tertiary/aromatic N) is 2. The summed E-state index contributed by atoms with van der Waals surface area (Å²) < 4.78 is 0. The molecule has 1 fully saturated rings. The SMILES string of the molecule is CC(O)CC1CCCCN1Cc1ccccc1[N+](=O)[O-]. The van der Waals surface area contributed by atoms with Crippen LogP contribution in [0.25, 0.3) is 0 Å². The molecule has 1 aliphatic heterocycles. The van der Waals surface area contributed by atoms with E-state index in [0.717, 1.165) is 31.4 Å². The van der Waals surface area contributed by atoms with Crippen molar-refractivity contribution in [1.29, 1.82) is 0 Å². The largest absolute Gasteiger partial charge is 0.393 e. The van der Waals surface area contributed by atoms with Crippen LogP contribution in [0.5, 0.6) is 0 Å². The first kappa shape index (κ1) is 14.9. The van der Waals surface area contributed by atoms with E-state index >= 15 is 0 Å². The monoisotopic (exact) mass is 278 g/mol. The summed E-state index contributed by atoms with van der Waals surface area (Å²) in [6.07, 6.45) is 3.76. The molecule has 0 radical (unpaired) electrons. The molecule has 2 unspecified atom stereocenters. The van der Waals surface area contributed by atoms with Crippen molar-refractivity contribution in [3.05, 3.63) is 39.9 Å². The van der Waals surface area contributed by atoms with E-state index in [2.05, 4.69) is 4.90 Å². The molecule has 1 aromatic rings. The van der Waals surface area contributed by atoms with Gasteiger partial charge in [-0.1, -0.05) is 24.6 Å². The molecule has 0 amide bonds. The van der Waals surface area contributed by atoms with Gasteiger partial charge in [0.25, 0.3) is 5.69 Å². The Labute approximate surface area is 119 Å². The highest BCUT2D eigenvalue weighted by Gasteiger charge is 2.25. The third-order valence-electron chi connectivity index (χ3n) is 3.92. The maximum atomic E-state index is 11.1. The van der Waals surface area contributed by atoms with E-state index < -0.39 is 0 Å². The Balaban J connectivity index is 2.12. The number of aliphatic hydroxyl groups excluding tert-OH is 1. The third kappa shape index (κ3) is 3.77. The van der Waals surface area contributed by atoms with Crippen molar-refractivity contribution in [2.24, 2.45) is 0 Å². The number of hydrogen-bond donors (Lipinski definition) is 1. The minimum absolute atomic E-state index is 0.189. The molecule has 1 heterocycles. The highest BCUT2D eigenvalue weighted by molar-refractivity contribution is 5.39. The molecule has 1 saturated heterocycles. The molecule has 0 aromatic heterocycles. The van der Waals surface area contributed by atoms with E-state index in [-0.39, 0.29) is 16.7 Å². The van der Waals surface area contributed by atoms with Gasteiger partial charge in [-0.2, -0.15) is 0 Å². The maximum Gasteiger partial charge on any atom is 0.273 e. The van der Waals surface area contributed by atoms with Gasteiger partial charge in [0.05, 0.1) is 11.0 Å². The van der Waals surface area contributed by atoms with E-state index in [0.29, 0.717) is 12.6 Å². The molecule has 110 valence electrons. The number of piperidine rings is 1. The molecular weight excluding hydrogens is 256 g/mol. The van der Waals surface area contributed by atoms with Crippen molar-refractivity contribution in [3.8, 4) is 0 Å². The molecular formula is C15H22N2O3. The fourth-order valence-electron chi connectivity index (χ4n) is 2.97. The lowest BCUT2D eigenvalue weighted by atomic mass is 9.96. The predicted molar refractivity (Wildman–Crippen MR) is 77.4 cm³/mol. The lowest BCUT2D eigenvalue weighted by molar-refractivity contribution is -0.385. The summed E-state index contributed by atoms with van der Waals surface area (Å²) >= 11 is 0. The van der Waals surface area contributed by atoms with Crippen molar-refractivity contribution in [3.63, 3.8) is 0 Å². The summed E-state index contributed by atoms with van der Waals surface area (Å²) in [6, 6.07) is 7.25. The van der Waals surface area contributed by atoms with E-state index in [4.69, 9.17) is 0 Å². The van der Waals surface area contributed by atoms with Crippen LogP contribution in [0.4, 0.5) is 5.69 Å². The summed E-state index contributed by atoms with van der Waals surface area (Å²) in [5.74, 6) is 0. The van der Waals surface area contributed by atoms with E-state index in [1.165, 1.54) is 6.42 Å². The van der Waals surface area contributed by atoms with Gasteiger partial charge in [-0.3, -0.25) is 15.0 Å². The van der Waals surface area contributed by atoms with Crippen LogP contribution in [0.3, 0.4) is 0 Å². The average molecular weight is 278 g/mol. The molecule has 0 aliphatic carbocycles. The Kier molecular flexibility index (Phi) is 5.09. The fraction of sp³-hybridized carbons (Fsp3) is 0.600. The van der Waals surface area contributed by atoms with Gasteiger partial charge in [0.1, 0.15) is 0 Å². The molecule has 0 bridgehead atoms. The van der Waals surface area contributed by atoms with Crippen LogP contribution in [-0.2, 0) is 6.54 Å². The van der Waals surface area contributed by atoms with Gasteiger partial charge in [-0.05, 0) is 32.7 Å². The Morgan fingerprint density at radius 1 is 1.45 bits per heavy atom. The quantitative estimate of drug-likeness (QED) is 0.664. The van der Waals surface area contributed by atoms with Crippen molar-refractivity contribution in [2.75, 3.05) is 6.54 Å². The van der Waals surface area contributed by atoms with Crippen molar-refractivity contribution >= 4 is 5.69 Å². The van der Waals surface area contributed by atoms with Crippen molar-refractivity contribution in [2.45, 2.75) is 51.3 Å². The second kappa shape index (κ2) is 6.81. The van der Waals surface area contributed by atoms with Gasteiger partial charge in [0.15, 0.2) is 0 Å². The lowest BCUT2D eigenvalue weighted by Gasteiger charge is -2.36. The zero-order chi connectivity index (χ0) is 14.5. The molecule has 0 saturated carbocycles. The zero-order valence-electron chi connectivity index (χ0n) is 11.9. The molecule has 20 heavy (non-hydrogen) atoms. The van der Waals surface area contributed by atoms with Crippen LogP contribution >= 0.6 is 0 Å². The first-order valence-corrected chi connectivity index (χ1v) is 7.22. The Bertz CT molecular complexity index is 462. The number of aliphatic hydroxyl groups is 1. The van der Waals surface area contributed by atoms with Gasteiger partial charge in [-0.25, -0.2) is 0 Å². The number of hydrogen-bond acceptors (Lipinski definition) is 4. The van der Waals surface area contributed by atoms with Crippen LogP contribution in [0.15, 0.2) is 24.3 Å². The van der Waals surface area contributed by atoms with E-state index in [9.17, 15) is 15.2 Å². The normalized spacial score (nSPS) is 21.6. The molecule has 1 aromatic carbocycles. The highest BCUT2D eigenvalue weighted by Crippen LogP contribution is 2.26. The van der Waals surface area contributed by atoms with E-state index in [1.54, 1.807) is 19.1 Å². The smallest absolute Gasteiger partial charge is 0.273 e.